The van der Waals surface area contributed by atoms with Gasteiger partial charge < -0.3 is 15.2 Å². The lowest BCUT2D eigenvalue weighted by Gasteiger charge is -2.04. The molecule has 102 valence electrons. The summed E-state index contributed by atoms with van der Waals surface area (Å²) in [7, 11) is 1.70. The Bertz CT molecular complexity index is 493. The molecule has 1 aromatic carbocycles. The van der Waals surface area contributed by atoms with E-state index in [1.165, 1.54) is 11.1 Å². The van der Waals surface area contributed by atoms with Gasteiger partial charge in [-0.25, -0.2) is 0 Å². The molecule has 19 heavy (non-hydrogen) atoms. The highest BCUT2D eigenvalue weighted by atomic mass is 32.1. The van der Waals surface area contributed by atoms with E-state index in [4.69, 9.17) is 4.74 Å². The molecular weight excluding hydrogens is 258 g/mol. The molecule has 0 atom stereocenters. The first-order valence-corrected chi connectivity index (χ1v) is 7.26. The van der Waals surface area contributed by atoms with E-state index >= 15 is 0 Å². The third-order valence-electron chi connectivity index (χ3n) is 2.95. The van der Waals surface area contributed by atoms with Crippen LogP contribution in [0.1, 0.15) is 11.1 Å². The van der Waals surface area contributed by atoms with Gasteiger partial charge >= 0.3 is 0 Å². The summed E-state index contributed by atoms with van der Waals surface area (Å²) >= 11 is 1.64. The Morgan fingerprint density at radius 2 is 1.79 bits per heavy atom. The van der Waals surface area contributed by atoms with Crippen molar-refractivity contribution in [3.05, 3.63) is 46.8 Å². The quantitative estimate of drug-likeness (QED) is 0.765. The number of methoxy groups -OCH3 is 1. The van der Waals surface area contributed by atoms with Crippen LogP contribution in [0.5, 0.6) is 10.8 Å². The molecule has 0 radical (unpaired) electrons. The first-order chi connectivity index (χ1) is 9.28. The number of ether oxygens (including phenoxy) is 1. The maximum Gasteiger partial charge on any atom is 0.173 e. The van der Waals surface area contributed by atoms with Crippen LogP contribution in [-0.2, 0) is 12.8 Å². The van der Waals surface area contributed by atoms with Crippen LogP contribution in [0.4, 0.5) is 0 Å². The van der Waals surface area contributed by atoms with Gasteiger partial charge in [-0.3, -0.25) is 0 Å². The van der Waals surface area contributed by atoms with Crippen molar-refractivity contribution in [1.82, 2.24) is 5.32 Å². The fourth-order valence-electron chi connectivity index (χ4n) is 1.84. The van der Waals surface area contributed by atoms with Gasteiger partial charge in [-0.15, -0.1) is 11.3 Å². The van der Waals surface area contributed by atoms with Crippen molar-refractivity contribution in [2.75, 3.05) is 20.2 Å². The third kappa shape index (κ3) is 4.58. The lowest BCUT2D eigenvalue weighted by Crippen LogP contribution is -2.19. The lowest BCUT2D eigenvalue weighted by molar-refractivity contribution is 0.427. The fourth-order valence-corrected chi connectivity index (χ4v) is 2.61. The molecule has 4 heteroatoms. The molecule has 0 unspecified atom stereocenters. The van der Waals surface area contributed by atoms with Crippen molar-refractivity contribution < 1.29 is 9.84 Å². The molecule has 3 nitrogen and oxygen atoms in total. The molecule has 0 fully saturated rings. The standard InChI is InChI=1S/C15H19NO2S/c1-18-15-10-13(11-19-15)7-9-16-8-6-12-2-4-14(17)5-3-12/h2-5,10-11,16-17H,6-9H2,1H3. The summed E-state index contributed by atoms with van der Waals surface area (Å²) in [5.74, 6) is 0.322. The molecule has 1 heterocycles. The van der Waals surface area contributed by atoms with Gasteiger partial charge in [0.15, 0.2) is 5.06 Å². The summed E-state index contributed by atoms with van der Waals surface area (Å²) in [5, 5.41) is 15.7. The van der Waals surface area contributed by atoms with Gasteiger partial charge in [0.25, 0.3) is 0 Å². The second-order valence-corrected chi connectivity index (χ2v) is 5.27. The average Bonchev–Trinajstić information content (AvgIpc) is 2.88. The molecule has 2 aromatic rings. The highest BCUT2D eigenvalue weighted by molar-refractivity contribution is 7.12. The second kappa shape index (κ2) is 7.16. The van der Waals surface area contributed by atoms with E-state index in [0.29, 0.717) is 5.75 Å². The maximum atomic E-state index is 9.19. The summed E-state index contributed by atoms with van der Waals surface area (Å²) in [4.78, 5) is 0. The Morgan fingerprint density at radius 1 is 1.11 bits per heavy atom. The van der Waals surface area contributed by atoms with Crippen LogP contribution in [0.15, 0.2) is 35.7 Å². The highest BCUT2D eigenvalue weighted by Gasteiger charge is 1.99. The van der Waals surface area contributed by atoms with Gasteiger partial charge in [0, 0.05) is 0 Å². The Kier molecular flexibility index (Phi) is 5.24. The van der Waals surface area contributed by atoms with Crippen LogP contribution in [0.25, 0.3) is 0 Å². The van der Waals surface area contributed by atoms with E-state index in [2.05, 4.69) is 16.8 Å². The number of aromatic hydroxyl groups is 1. The maximum absolute atomic E-state index is 9.19. The molecule has 0 aliphatic rings. The number of thiophene rings is 1. The van der Waals surface area contributed by atoms with E-state index in [0.717, 1.165) is 31.0 Å². The van der Waals surface area contributed by atoms with Crippen LogP contribution in [0.3, 0.4) is 0 Å². The lowest BCUT2D eigenvalue weighted by atomic mass is 10.1. The zero-order chi connectivity index (χ0) is 13.5. The van der Waals surface area contributed by atoms with Crippen LogP contribution >= 0.6 is 11.3 Å². The Hall–Kier alpha value is -1.52. The third-order valence-corrected chi connectivity index (χ3v) is 3.89. The number of phenolic OH excluding ortho intramolecular Hbond substituents is 1. The Labute approximate surface area is 117 Å². The molecule has 0 saturated heterocycles. The van der Waals surface area contributed by atoms with Crippen molar-refractivity contribution in [1.29, 1.82) is 0 Å². The van der Waals surface area contributed by atoms with Crippen molar-refractivity contribution in [3.8, 4) is 10.8 Å². The molecule has 0 amide bonds. The van der Waals surface area contributed by atoms with Crippen LogP contribution in [0, 0.1) is 0 Å². The number of nitrogens with one attached hydrogen (secondary N) is 1. The van der Waals surface area contributed by atoms with Gasteiger partial charge in [0.2, 0.25) is 0 Å². The zero-order valence-corrected chi connectivity index (χ0v) is 11.9. The topological polar surface area (TPSA) is 41.5 Å². The fraction of sp³-hybridized carbons (Fsp3) is 0.333. The summed E-state index contributed by atoms with van der Waals surface area (Å²) in [6.07, 6.45) is 2.00. The van der Waals surface area contributed by atoms with Crippen LogP contribution in [0.2, 0.25) is 0 Å². The summed E-state index contributed by atoms with van der Waals surface area (Å²) in [6, 6.07) is 9.47. The Balaban J connectivity index is 1.63. The predicted molar refractivity (Wildman–Crippen MR) is 79.3 cm³/mol. The summed E-state index contributed by atoms with van der Waals surface area (Å²) in [5.41, 5.74) is 2.56. The van der Waals surface area contributed by atoms with Gasteiger partial charge in [0.1, 0.15) is 5.75 Å². The normalized spacial score (nSPS) is 10.6. The minimum Gasteiger partial charge on any atom is -0.508 e. The van der Waals surface area contributed by atoms with Crippen molar-refractivity contribution >= 4 is 11.3 Å². The first-order valence-electron chi connectivity index (χ1n) is 6.38. The molecule has 0 spiro atoms. The number of hydrogen-bond donors (Lipinski definition) is 2. The summed E-state index contributed by atoms with van der Waals surface area (Å²) < 4.78 is 5.17. The van der Waals surface area contributed by atoms with E-state index < -0.39 is 0 Å². The SMILES string of the molecule is COc1cc(CCNCCc2ccc(O)cc2)cs1. The predicted octanol–water partition coefficient (Wildman–Crippen LogP) is 2.84. The first kappa shape index (κ1) is 13.9. The van der Waals surface area contributed by atoms with Crippen molar-refractivity contribution in [2.45, 2.75) is 12.8 Å². The van der Waals surface area contributed by atoms with E-state index in [1.54, 1.807) is 30.6 Å². The van der Waals surface area contributed by atoms with Crippen molar-refractivity contribution in [3.63, 3.8) is 0 Å². The van der Waals surface area contributed by atoms with Crippen molar-refractivity contribution in [2.24, 2.45) is 0 Å². The van der Waals surface area contributed by atoms with E-state index in [-0.39, 0.29) is 0 Å². The molecule has 0 bridgehead atoms. The number of benzene rings is 1. The van der Waals surface area contributed by atoms with Gasteiger partial charge in [-0.1, -0.05) is 12.1 Å². The molecule has 0 aliphatic carbocycles. The highest BCUT2D eigenvalue weighted by Crippen LogP contribution is 2.22. The minimum atomic E-state index is 0.322. The Morgan fingerprint density at radius 3 is 2.42 bits per heavy atom. The van der Waals surface area contributed by atoms with Crippen LogP contribution in [-0.4, -0.2) is 25.3 Å². The molecule has 0 aliphatic heterocycles. The minimum absolute atomic E-state index is 0.322. The number of rotatable bonds is 7. The largest absolute Gasteiger partial charge is 0.508 e. The van der Waals surface area contributed by atoms with Crippen LogP contribution < -0.4 is 10.1 Å². The number of hydrogen-bond acceptors (Lipinski definition) is 4. The van der Waals surface area contributed by atoms with Gasteiger partial charge in [-0.2, -0.15) is 0 Å². The monoisotopic (exact) mass is 277 g/mol. The molecule has 2 rings (SSSR count). The smallest absolute Gasteiger partial charge is 0.173 e. The van der Waals surface area contributed by atoms with E-state index in [9.17, 15) is 5.11 Å². The average molecular weight is 277 g/mol. The molecule has 0 saturated carbocycles. The molecule has 2 N–H and O–H groups in total. The van der Waals surface area contributed by atoms with Gasteiger partial charge in [-0.05, 0) is 60.6 Å². The summed E-state index contributed by atoms with van der Waals surface area (Å²) in [6.45, 7) is 1.92. The zero-order valence-electron chi connectivity index (χ0n) is 11.1. The van der Waals surface area contributed by atoms with E-state index in [1.807, 2.05) is 12.1 Å². The molecule has 1 aromatic heterocycles. The second-order valence-electron chi connectivity index (χ2n) is 4.39. The number of phenols is 1. The van der Waals surface area contributed by atoms with Gasteiger partial charge in [0.05, 0.1) is 7.11 Å². The molecular formula is C15H19NO2S.